The number of nitrogens with two attached hydrogens (primary N) is 2. The highest BCUT2D eigenvalue weighted by molar-refractivity contribution is 6.09. The zero-order chi connectivity index (χ0) is 17.1. The number of aromatic amines is 1. The molecule has 1 amide bonds. The second-order valence-electron chi connectivity index (χ2n) is 5.42. The fourth-order valence-corrected chi connectivity index (χ4v) is 2.71. The number of carbonyl (C=O) groups excluding carboxylic acids is 1. The molecule has 3 aromatic rings. The van der Waals surface area contributed by atoms with Crippen molar-refractivity contribution in [2.75, 3.05) is 12.3 Å². The van der Waals surface area contributed by atoms with Crippen molar-refractivity contribution in [1.82, 2.24) is 4.98 Å². The first-order valence-corrected chi connectivity index (χ1v) is 7.69. The van der Waals surface area contributed by atoms with Crippen LogP contribution in [-0.2, 0) is 4.74 Å². The molecule has 0 aliphatic carbocycles. The van der Waals surface area contributed by atoms with Crippen LogP contribution in [0.1, 0.15) is 23.0 Å². The largest absolute Gasteiger partial charge is 0.501 e. The lowest BCUT2D eigenvalue weighted by molar-refractivity contribution is 0.100. The molecule has 5 nitrogen and oxygen atoms in total. The lowest BCUT2D eigenvalue weighted by Gasteiger charge is -2.07. The van der Waals surface area contributed by atoms with E-state index >= 15 is 0 Å². The average Bonchev–Trinajstić information content (AvgIpc) is 2.97. The smallest absolute Gasteiger partial charge is 0.250 e. The van der Waals surface area contributed by atoms with Gasteiger partial charge in [-0.05, 0) is 48.4 Å². The van der Waals surface area contributed by atoms with E-state index in [1.807, 2.05) is 49.4 Å². The third kappa shape index (κ3) is 2.96. The van der Waals surface area contributed by atoms with Crippen molar-refractivity contribution in [3.63, 3.8) is 0 Å². The van der Waals surface area contributed by atoms with E-state index < -0.39 is 5.91 Å². The number of hydrogen-bond acceptors (Lipinski definition) is 3. The van der Waals surface area contributed by atoms with Crippen molar-refractivity contribution in [3.05, 3.63) is 60.0 Å². The summed E-state index contributed by atoms with van der Waals surface area (Å²) in [6.07, 6.45) is 3.44. The number of nitrogen functional groups attached to an aromatic ring is 1. The first-order valence-electron chi connectivity index (χ1n) is 7.69. The molecule has 0 bridgehead atoms. The van der Waals surface area contributed by atoms with Crippen LogP contribution in [0.2, 0.25) is 0 Å². The molecule has 0 unspecified atom stereocenters. The fourth-order valence-electron chi connectivity index (χ4n) is 2.71. The van der Waals surface area contributed by atoms with E-state index in [1.165, 1.54) is 0 Å². The topological polar surface area (TPSA) is 94.1 Å². The van der Waals surface area contributed by atoms with Crippen molar-refractivity contribution in [2.45, 2.75) is 6.92 Å². The van der Waals surface area contributed by atoms with Crippen LogP contribution in [0.5, 0.6) is 0 Å². The monoisotopic (exact) mass is 321 g/mol. The molecular weight excluding hydrogens is 302 g/mol. The van der Waals surface area contributed by atoms with Crippen LogP contribution < -0.4 is 11.5 Å². The number of amides is 1. The minimum Gasteiger partial charge on any atom is -0.501 e. The third-order valence-electron chi connectivity index (χ3n) is 3.79. The summed E-state index contributed by atoms with van der Waals surface area (Å²) in [6.45, 7) is 2.51. The lowest BCUT2D eigenvalue weighted by Crippen LogP contribution is -2.11. The van der Waals surface area contributed by atoms with Crippen LogP contribution >= 0.6 is 0 Å². The third-order valence-corrected chi connectivity index (χ3v) is 3.79. The Bertz CT molecular complexity index is 926. The van der Waals surface area contributed by atoms with Gasteiger partial charge in [-0.2, -0.15) is 0 Å². The average molecular weight is 321 g/mol. The number of H-pyrrole nitrogens is 1. The number of primary amides is 1. The molecule has 0 radical (unpaired) electrons. The Hall–Kier alpha value is -3.21. The molecule has 5 heteroatoms. The molecule has 5 N–H and O–H groups in total. The van der Waals surface area contributed by atoms with E-state index in [0.717, 1.165) is 22.2 Å². The summed E-state index contributed by atoms with van der Waals surface area (Å²) < 4.78 is 5.23. The van der Waals surface area contributed by atoms with Gasteiger partial charge in [-0.15, -0.1) is 0 Å². The fraction of sp³-hybridized carbons (Fsp3) is 0.105. The highest BCUT2D eigenvalue weighted by atomic mass is 16.5. The SMILES string of the molecule is CCO/C=C/c1cc2c(-c3cccc(N)c3)ccc(C(N)=O)c2[nH]1. The number of ether oxygens (including phenoxy) is 1. The maximum Gasteiger partial charge on any atom is 0.250 e. The predicted molar refractivity (Wildman–Crippen MR) is 97.3 cm³/mol. The van der Waals surface area contributed by atoms with Gasteiger partial charge in [0.1, 0.15) is 0 Å². The number of nitrogens with one attached hydrogen (secondary N) is 1. The van der Waals surface area contributed by atoms with Gasteiger partial charge in [-0.1, -0.05) is 18.2 Å². The van der Waals surface area contributed by atoms with E-state index in [-0.39, 0.29) is 0 Å². The minimum absolute atomic E-state index is 0.453. The van der Waals surface area contributed by atoms with E-state index in [2.05, 4.69) is 4.98 Å². The summed E-state index contributed by atoms with van der Waals surface area (Å²) in [6, 6.07) is 13.2. The molecule has 24 heavy (non-hydrogen) atoms. The van der Waals surface area contributed by atoms with E-state index in [9.17, 15) is 4.79 Å². The molecule has 0 atom stereocenters. The van der Waals surface area contributed by atoms with Crippen LogP contribution in [0.15, 0.2) is 48.7 Å². The number of fused-ring (bicyclic) bond motifs is 1. The van der Waals surface area contributed by atoms with Crippen molar-refractivity contribution in [3.8, 4) is 11.1 Å². The molecule has 0 saturated carbocycles. The Morgan fingerprint density at radius 2 is 2.08 bits per heavy atom. The maximum absolute atomic E-state index is 11.7. The summed E-state index contributed by atoms with van der Waals surface area (Å²) in [7, 11) is 0. The van der Waals surface area contributed by atoms with Gasteiger partial charge in [-0.3, -0.25) is 4.79 Å². The number of carbonyl (C=O) groups is 1. The van der Waals surface area contributed by atoms with Gasteiger partial charge >= 0.3 is 0 Å². The van der Waals surface area contributed by atoms with Crippen molar-refractivity contribution in [1.29, 1.82) is 0 Å². The summed E-state index contributed by atoms with van der Waals surface area (Å²) in [4.78, 5) is 15.0. The molecule has 0 aliphatic rings. The molecule has 1 aromatic heterocycles. The lowest BCUT2D eigenvalue weighted by atomic mass is 9.98. The van der Waals surface area contributed by atoms with Crippen LogP contribution in [0, 0.1) is 0 Å². The Morgan fingerprint density at radius 3 is 2.79 bits per heavy atom. The van der Waals surface area contributed by atoms with Gasteiger partial charge in [0.05, 0.1) is 23.9 Å². The van der Waals surface area contributed by atoms with Gasteiger partial charge in [0.15, 0.2) is 0 Å². The van der Waals surface area contributed by atoms with Gasteiger partial charge in [-0.25, -0.2) is 0 Å². The molecular formula is C19H19N3O2. The highest BCUT2D eigenvalue weighted by Gasteiger charge is 2.14. The quantitative estimate of drug-likeness (QED) is 0.495. The van der Waals surface area contributed by atoms with E-state index in [4.69, 9.17) is 16.2 Å². The molecule has 122 valence electrons. The van der Waals surface area contributed by atoms with Crippen LogP contribution in [0.3, 0.4) is 0 Å². The Labute approximate surface area is 139 Å². The zero-order valence-corrected chi connectivity index (χ0v) is 13.4. The Morgan fingerprint density at radius 1 is 1.25 bits per heavy atom. The molecule has 2 aromatic carbocycles. The summed E-state index contributed by atoms with van der Waals surface area (Å²) >= 11 is 0. The molecule has 3 rings (SSSR count). The number of hydrogen-bond donors (Lipinski definition) is 3. The normalized spacial score (nSPS) is 11.2. The highest BCUT2D eigenvalue weighted by Crippen LogP contribution is 2.32. The van der Waals surface area contributed by atoms with Crippen molar-refractivity contribution in [2.24, 2.45) is 5.73 Å². The number of benzene rings is 2. The van der Waals surface area contributed by atoms with Crippen LogP contribution in [0.25, 0.3) is 28.1 Å². The Balaban J connectivity index is 2.20. The van der Waals surface area contributed by atoms with Gasteiger partial charge in [0.2, 0.25) is 0 Å². The van der Waals surface area contributed by atoms with E-state index in [1.54, 1.807) is 12.3 Å². The second kappa shape index (κ2) is 6.50. The minimum atomic E-state index is -0.471. The molecule has 0 saturated heterocycles. The first kappa shape index (κ1) is 15.7. The van der Waals surface area contributed by atoms with Gasteiger partial charge in [0.25, 0.3) is 5.91 Å². The molecule has 1 heterocycles. The number of anilines is 1. The molecule has 0 fully saturated rings. The summed E-state index contributed by atoms with van der Waals surface area (Å²) in [5.74, 6) is -0.471. The van der Waals surface area contributed by atoms with Crippen molar-refractivity contribution < 1.29 is 9.53 Å². The van der Waals surface area contributed by atoms with E-state index in [0.29, 0.717) is 23.4 Å². The number of aromatic nitrogens is 1. The predicted octanol–water partition coefficient (Wildman–Crippen LogP) is 3.52. The standard InChI is InChI=1S/C19H19N3O2/c1-2-24-9-8-14-11-17-15(12-4-3-5-13(20)10-12)6-7-16(19(21)23)18(17)22-14/h3-11,22H,2,20H2,1H3,(H2,21,23)/b9-8+. The van der Waals surface area contributed by atoms with Gasteiger partial charge < -0.3 is 21.2 Å². The second-order valence-corrected chi connectivity index (χ2v) is 5.42. The first-order chi connectivity index (χ1) is 11.6. The molecule has 0 spiro atoms. The number of rotatable bonds is 5. The summed E-state index contributed by atoms with van der Waals surface area (Å²) in [5, 5.41) is 0.910. The zero-order valence-electron chi connectivity index (χ0n) is 13.4. The van der Waals surface area contributed by atoms with Crippen LogP contribution in [-0.4, -0.2) is 17.5 Å². The van der Waals surface area contributed by atoms with Crippen LogP contribution in [0.4, 0.5) is 5.69 Å². The maximum atomic E-state index is 11.7. The summed E-state index contributed by atoms with van der Waals surface area (Å²) in [5.41, 5.74) is 16.0. The Kier molecular flexibility index (Phi) is 4.24. The van der Waals surface area contributed by atoms with Gasteiger partial charge in [0, 0.05) is 16.8 Å². The molecule has 0 aliphatic heterocycles. The van der Waals surface area contributed by atoms with Crippen molar-refractivity contribution >= 4 is 28.6 Å².